The molecule has 1 aromatic rings. The van der Waals surface area contributed by atoms with Crippen molar-refractivity contribution >= 4 is 5.91 Å². The molecule has 1 aliphatic rings. The molecular weight excluding hydrogens is 242 g/mol. The van der Waals surface area contributed by atoms with Crippen molar-refractivity contribution in [3.05, 3.63) is 24.0 Å². The molecule has 0 aromatic carbocycles. The predicted molar refractivity (Wildman–Crippen MR) is 73.1 cm³/mol. The third kappa shape index (κ3) is 3.67. The van der Waals surface area contributed by atoms with Crippen LogP contribution >= 0.6 is 0 Å². The van der Waals surface area contributed by atoms with E-state index in [4.69, 9.17) is 0 Å². The highest BCUT2D eigenvalue weighted by Gasteiger charge is 2.22. The molecule has 0 bridgehead atoms. The van der Waals surface area contributed by atoms with Crippen molar-refractivity contribution in [1.82, 2.24) is 14.8 Å². The lowest BCUT2D eigenvalue weighted by Crippen LogP contribution is -2.49. The van der Waals surface area contributed by atoms with Gasteiger partial charge in [0, 0.05) is 38.9 Å². The van der Waals surface area contributed by atoms with Crippen LogP contribution in [0.3, 0.4) is 0 Å². The molecular formula is C14H21N3O2. The summed E-state index contributed by atoms with van der Waals surface area (Å²) in [5.41, 5.74) is 0.456. The summed E-state index contributed by atoms with van der Waals surface area (Å²) >= 11 is 0. The molecule has 5 nitrogen and oxygen atoms in total. The van der Waals surface area contributed by atoms with Crippen LogP contribution in [0.1, 0.15) is 24.2 Å². The maximum absolute atomic E-state index is 12.2. The molecule has 1 N–H and O–H groups in total. The molecule has 104 valence electrons. The van der Waals surface area contributed by atoms with Crippen LogP contribution in [0.15, 0.2) is 18.5 Å². The van der Waals surface area contributed by atoms with Crippen LogP contribution in [0.5, 0.6) is 5.75 Å². The van der Waals surface area contributed by atoms with E-state index in [-0.39, 0.29) is 11.7 Å². The van der Waals surface area contributed by atoms with Gasteiger partial charge in [-0.15, -0.1) is 0 Å². The number of piperazine rings is 1. The SMILES string of the molecule is CC(C)CN1CCN(C(=O)c2cncc(O)c2)CC1. The summed E-state index contributed by atoms with van der Waals surface area (Å²) in [6.07, 6.45) is 2.83. The van der Waals surface area contributed by atoms with Crippen molar-refractivity contribution in [2.45, 2.75) is 13.8 Å². The summed E-state index contributed by atoms with van der Waals surface area (Å²) in [6.45, 7) is 8.79. The molecule has 0 spiro atoms. The second kappa shape index (κ2) is 6.02. The topological polar surface area (TPSA) is 56.7 Å². The van der Waals surface area contributed by atoms with Crippen LogP contribution in [0.25, 0.3) is 0 Å². The molecule has 1 amide bonds. The highest BCUT2D eigenvalue weighted by atomic mass is 16.3. The number of aromatic nitrogens is 1. The molecule has 1 fully saturated rings. The van der Waals surface area contributed by atoms with E-state index in [2.05, 4.69) is 23.7 Å². The fraction of sp³-hybridized carbons (Fsp3) is 0.571. The first-order valence-corrected chi connectivity index (χ1v) is 6.72. The van der Waals surface area contributed by atoms with Crippen molar-refractivity contribution in [1.29, 1.82) is 0 Å². The molecule has 0 atom stereocenters. The summed E-state index contributed by atoms with van der Waals surface area (Å²) in [5, 5.41) is 9.36. The zero-order chi connectivity index (χ0) is 13.8. The van der Waals surface area contributed by atoms with Crippen LogP contribution in [0.4, 0.5) is 0 Å². The number of hydrogen-bond donors (Lipinski definition) is 1. The van der Waals surface area contributed by atoms with Gasteiger partial charge in [0.15, 0.2) is 0 Å². The molecule has 1 saturated heterocycles. The van der Waals surface area contributed by atoms with Crippen LogP contribution in [-0.2, 0) is 0 Å². The van der Waals surface area contributed by atoms with E-state index in [1.54, 1.807) is 0 Å². The fourth-order valence-electron chi connectivity index (χ4n) is 2.38. The second-order valence-corrected chi connectivity index (χ2v) is 5.42. The molecule has 1 aromatic heterocycles. The number of aromatic hydroxyl groups is 1. The van der Waals surface area contributed by atoms with Gasteiger partial charge in [0.2, 0.25) is 0 Å². The summed E-state index contributed by atoms with van der Waals surface area (Å²) in [7, 11) is 0. The van der Waals surface area contributed by atoms with Gasteiger partial charge in [0.25, 0.3) is 5.91 Å². The van der Waals surface area contributed by atoms with Crippen LogP contribution in [0, 0.1) is 5.92 Å². The maximum Gasteiger partial charge on any atom is 0.255 e. The number of carbonyl (C=O) groups excluding carboxylic acids is 1. The molecule has 19 heavy (non-hydrogen) atoms. The Hall–Kier alpha value is -1.62. The zero-order valence-corrected chi connectivity index (χ0v) is 11.5. The van der Waals surface area contributed by atoms with E-state index in [1.807, 2.05) is 4.90 Å². The summed E-state index contributed by atoms with van der Waals surface area (Å²) in [6, 6.07) is 1.47. The highest BCUT2D eigenvalue weighted by Crippen LogP contribution is 2.13. The molecule has 2 rings (SSSR count). The predicted octanol–water partition coefficient (Wildman–Crippen LogP) is 1.20. The third-order valence-electron chi connectivity index (χ3n) is 3.25. The van der Waals surface area contributed by atoms with Gasteiger partial charge in [-0.05, 0) is 12.0 Å². The zero-order valence-electron chi connectivity index (χ0n) is 11.5. The Kier molecular flexibility index (Phi) is 4.37. The lowest BCUT2D eigenvalue weighted by Gasteiger charge is -2.35. The van der Waals surface area contributed by atoms with Crippen LogP contribution < -0.4 is 0 Å². The number of nitrogens with zero attached hydrogens (tertiary/aromatic N) is 3. The molecule has 2 heterocycles. The van der Waals surface area contributed by atoms with Crippen molar-refractivity contribution < 1.29 is 9.90 Å². The Bertz CT molecular complexity index is 440. The van der Waals surface area contributed by atoms with E-state index in [0.29, 0.717) is 11.5 Å². The molecule has 1 aliphatic heterocycles. The summed E-state index contributed by atoms with van der Waals surface area (Å²) in [5.74, 6) is 0.634. The Balaban J connectivity index is 1.92. The molecule has 0 saturated carbocycles. The molecule has 0 unspecified atom stereocenters. The van der Waals surface area contributed by atoms with Crippen LogP contribution in [-0.4, -0.2) is 58.5 Å². The van der Waals surface area contributed by atoms with Crippen LogP contribution in [0.2, 0.25) is 0 Å². The first kappa shape index (κ1) is 13.8. The lowest BCUT2D eigenvalue weighted by atomic mass is 10.1. The van der Waals surface area contributed by atoms with Gasteiger partial charge in [-0.3, -0.25) is 14.7 Å². The van der Waals surface area contributed by atoms with Gasteiger partial charge >= 0.3 is 0 Å². The Morgan fingerprint density at radius 2 is 2.00 bits per heavy atom. The van der Waals surface area contributed by atoms with Crippen molar-refractivity contribution in [2.24, 2.45) is 5.92 Å². The van der Waals surface area contributed by atoms with Gasteiger partial charge in [0.05, 0.1) is 11.8 Å². The van der Waals surface area contributed by atoms with Crippen molar-refractivity contribution in [2.75, 3.05) is 32.7 Å². The van der Waals surface area contributed by atoms with Gasteiger partial charge in [0.1, 0.15) is 5.75 Å². The smallest absolute Gasteiger partial charge is 0.255 e. The lowest BCUT2D eigenvalue weighted by molar-refractivity contribution is 0.0623. The molecule has 5 heteroatoms. The second-order valence-electron chi connectivity index (χ2n) is 5.42. The molecule has 0 radical (unpaired) electrons. The van der Waals surface area contributed by atoms with E-state index < -0.39 is 0 Å². The number of hydrogen-bond acceptors (Lipinski definition) is 4. The number of amides is 1. The first-order chi connectivity index (χ1) is 9.06. The first-order valence-electron chi connectivity index (χ1n) is 6.72. The Morgan fingerprint density at radius 3 is 2.58 bits per heavy atom. The highest BCUT2D eigenvalue weighted by molar-refractivity contribution is 5.94. The minimum atomic E-state index is -0.0485. The van der Waals surface area contributed by atoms with Gasteiger partial charge in [-0.2, -0.15) is 0 Å². The Labute approximate surface area is 113 Å². The summed E-state index contributed by atoms with van der Waals surface area (Å²) in [4.78, 5) is 20.3. The Morgan fingerprint density at radius 1 is 1.32 bits per heavy atom. The minimum absolute atomic E-state index is 0.0318. The normalized spacial score (nSPS) is 16.9. The average Bonchev–Trinajstić information content (AvgIpc) is 2.38. The average molecular weight is 263 g/mol. The van der Waals surface area contributed by atoms with E-state index in [1.165, 1.54) is 18.5 Å². The number of pyridine rings is 1. The standard InChI is InChI=1S/C14H21N3O2/c1-11(2)10-16-3-5-17(6-4-16)14(19)12-7-13(18)9-15-8-12/h7-9,11,18H,3-6,10H2,1-2H3. The van der Waals surface area contributed by atoms with Gasteiger partial charge in [-0.1, -0.05) is 13.8 Å². The van der Waals surface area contributed by atoms with E-state index in [0.717, 1.165) is 32.7 Å². The quantitative estimate of drug-likeness (QED) is 0.890. The fourth-order valence-corrected chi connectivity index (χ4v) is 2.38. The van der Waals surface area contributed by atoms with E-state index in [9.17, 15) is 9.90 Å². The largest absolute Gasteiger partial charge is 0.506 e. The molecule has 0 aliphatic carbocycles. The van der Waals surface area contributed by atoms with Crippen molar-refractivity contribution in [3.63, 3.8) is 0 Å². The minimum Gasteiger partial charge on any atom is -0.506 e. The van der Waals surface area contributed by atoms with Gasteiger partial charge in [-0.25, -0.2) is 0 Å². The summed E-state index contributed by atoms with van der Waals surface area (Å²) < 4.78 is 0. The number of rotatable bonds is 3. The van der Waals surface area contributed by atoms with Crippen molar-refractivity contribution in [3.8, 4) is 5.75 Å². The van der Waals surface area contributed by atoms with E-state index >= 15 is 0 Å². The van der Waals surface area contributed by atoms with Gasteiger partial charge < -0.3 is 10.0 Å². The maximum atomic E-state index is 12.2. The monoisotopic (exact) mass is 263 g/mol. The number of carbonyl (C=O) groups is 1. The third-order valence-corrected chi connectivity index (χ3v) is 3.25.